The van der Waals surface area contributed by atoms with Gasteiger partial charge in [0, 0.05) is 86.7 Å². The van der Waals surface area contributed by atoms with Crippen LogP contribution in [0.4, 0.5) is 0 Å². The molecule has 0 aromatic carbocycles. The number of aryl methyl sites for hydroxylation is 1. The average molecular weight is 1510 g/mol. The first-order chi connectivity index (χ1) is 50.4. The fraction of sp³-hybridized carbons (Fsp3) is 0.619. The molecule has 3 aliphatic heterocycles. The molecule has 1 saturated carbocycles. The van der Waals surface area contributed by atoms with Gasteiger partial charge in [0.15, 0.2) is 0 Å². The maximum absolute atomic E-state index is 14.7. The molecule has 4 aliphatic rings. The number of aromatic amines is 2. The number of nitrogens with one attached hydrogen (secondary N) is 17. The van der Waals surface area contributed by atoms with Crippen LogP contribution in [0.25, 0.3) is 0 Å². The minimum absolute atomic E-state index is 0.0114. The van der Waals surface area contributed by atoms with E-state index >= 15 is 0 Å². The molecule has 0 unspecified atom stereocenters. The first-order valence-corrected chi connectivity index (χ1v) is 37.1. The van der Waals surface area contributed by atoms with Crippen molar-refractivity contribution in [1.29, 1.82) is 0 Å². The summed E-state index contributed by atoms with van der Waals surface area (Å²) in [5.74, 6) is -12.8. The fourth-order valence-electron chi connectivity index (χ4n) is 11.3. The Morgan fingerprint density at radius 2 is 1.19 bits per heavy atom. The van der Waals surface area contributed by atoms with E-state index in [1.807, 2.05) is 11.8 Å². The van der Waals surface area contributed by atoms with Crippen molar-refractivity contribution in [2.45, 2.75) is 133 Å². The highest BCUT2D eigenvalue weighted by Gasteiger charge is 2.39. The van der Waals surface area contributed by atoms with Crippen molar-refractivity contribution in [3.63, 3.8) is 0 Å². The lowest BCUT2D eigenvalue weighted by atomic mass is 9.87. The number of carbonyl (C=O) groups excluding carboxylic acids is 16. The van der Waals surface area contributed by atoms with Gasteiger partial charge in [-0.2, -0.15) is 0 Å². The van der Waals surface area contributed by atoms with Crippen LogP contribution in [0.15, 0.2) is 36.9 Å². The minimum Gasteiger partial charge on any atom is -0.393 e. The summed E-state index contributed by atoms with van der Waals surface area (Å²) in [6, 6.07) is -7.30. The fourth-order valence-corrected chi connectivity index (χ4v) is 13.6. The predicted octanol–water partition coefficient (Wildman–Crippen LogP) is -8.58. The summed E-state index contributed by atoms with van der Waals surface area (Å²) < 4.78 is 0. The summed E-state index contributed by atoms with van der Waals surface area (Å²) in [4.78, 5) is 232. The number of rotatable bonds is 33. The Kier molecular flexibility index (Phi) is 35.6. The molecule has 2 saturated heterocycles. The second-order valence-corrected chi connectivity index (χ2v) is 27.9. The number of hydrogen-bond acceptors (Lipinski definition) is 24. The average Bonchev–Trinajstić information content (AvgIpc) is 1.60. The Hall–Kier alpha value is -10.1. The van der Waals surface area contributed by atoms with Crippen LogP contribution < -0.4 is 85.5 Å². The van der Waals surface area contributed by atoms with Crippen molar-refractivity contribution in [3.05, 3.63) is 48.3 Å². The molecule has 3 fully saturated rings. The molecule has 20 N–H and O–H groups in total. The molecule has 0 bridgehead atoms. The van der Waals surface area contributed by atoms with Crippen LogP contribution in [0, 0.1) is 5.92 Å². The van der Waals surface area contributed by atoms with Crippen molar-refractivity contribution < 1.29 is 81.8 Å². The van der Waals surface area contributed by atoms with Gasteiger partial charge < -0.3 is 115 Å². The van der Waals surface area contributed by atoms with Crippen LogP contribution in [0.3, 0.4) is 0 Å². The number of H-pyrrole nitrogens is 2. The van der Waals surface area contributed by atoms with E-state index in [1.165, 1.54) is 34.8 Å². The monoisotopic (exact) mass is 1510 g/mol. The van der Waals surface area contributed by atoms with Gasteiger partial charge in [0.25, 0.3) is 0 Å². The van der Waals surface area contributed by atoms with Gasteiger partial charge in [0.05, 0.1) is 90.9 Å². The zero-order valence-electron chi connectivity index (χ0n) is 58.6. The molecule has 6 rings (SSSR count). The predicted molar refractivity (Wildman–Crippen MR) is 377 cm³/mol. The smallest absolute Gasteiger partial charge is 0.246 e. The molecule has 578 valence electrons. The first-order valence-electron chi connectivity index (χ1n) is 34.6. The van der Waals surface area contributed by atoms with Crippen molar-refractivity contribution >= 4 is 116 Å². The highest BCUT2D eigenvalue weighted by molar-refractivity contribution is 8.76. The normalized spacial score (nSPS) is 20.1. The molecular weight excluding hydrogens is 1410 g/mol. The summed E-state index contributed by atoms with van der Waals surface area (Å²) in [7, 11) is 3.85. The molecular formula is C63H97N23O17S2. The van der Waals surface area contributed by atoms with Gasteiger partial charge in [-0.3, -0.25) is 76.7 Å². The molecule has 2 aromatic rings. The lowest BCUT2D eigenvalue weighted by Gasteiger charge is -2.33. The van der Waals surface area contributed by atoms with E-state index in [1.54, 1.807) is 13.2 Å². The van der Waals surface area contributed by atoms with Crippen LogP contribution >= 0.6 is 21.6 Å². The van der Waals surface area contributed by atoms with Crippen LogP contribution in [-0.2, 0) is 89.6 Å². The number of hydrogen-bond donors (Lipinski definition) is 19. The molecule has 16 amide bonds. The van der Waals surface area contributed by atoms with Crippen molar-refractivity contribution in [3.8, 4) is 0 Å². The third-order valence-corrected chi connectivity index (χ3v) is 19.3. The number of aliphatic hydroxyl groups excluding tert-OH is 1. The highest BCUT2D eigenvalue weighted by Crippen LogP contribution is 2.28. The SMILES string of the molecule is CCCCCNC(=O)[C@@H]1CCCN1C(=O)[C@@H]1CSSC[C@H](NC(=O)CNC(=O)CNC(=O)CNC(=O)[C@H](Cc2cnc[nH]2)NC(=O)CNC(=O)[C@H](CCc2cnc[nH]2)NC(=O)CNC(=O)[C@H](CC2=CN(C)CN2)NC(=O)CN)C(=O)N(CC2CCC(O)CC2)CC(=O)NCC(=O)NCC(=O)NCC(=O)N1. The van der Waals surface area contributed by atoms with E-state index in [2.05, 4.69) is 99.7 Å². The second-order valence-electron chi connectivity index (χ2n) is 25.3. The van der Waals surface area contributed by atoms with Gasteiger partial charge >= 0.3 is 0 Å². The Bertz CT molecular complexity index is 3360. The maximum Gasteiger partial charge on any atom is 0.246 e. The molecule has 5 heterocycles. The van der Waals surface area contributed by atoms with Crippen molar-refractivity contribution in [2.24, 2.45) is 11.7 Å². The van der Waals surface area contributed by atoms with Gasteiger partial charge in [-0.15, -0.1) is 0 Å². The highest BCUT2D eigenvalue weighted by atomic mass is 33.1. The number of likely N-dealkylation sites (tertiary alicyclic amines) is 1. The molecule has 40 nitrogen and oxygen atoms in total. The second kappa shape index (κ2) is 44.5. The minimum atomic E-state index is -1.43. The molecule has 2 aromatic heterocycles. The van der Waals surface area contributed by atoms with Gasteiger partial charge in [-0.1, -0.05) is 41.4 Å². The van der Waals surface area contributed by atoms with E-state index in [4.69, 9.17) is 5.73 Å². The number of amides is 16. The largest absolute Gasteiger partial charge is 0.393 e. The number of unbranched alkanes of at least 4 members (excludes halogenated alkanes) is 2. The van der Waals surface area contributed by atoms with Crippen molar-refractivity contribution in [2.75, 3.05) is 110 Å². The number of nitrogens with two attached hydrogens (primary N) is 1. The van der Waals surface area contributed by atoms with Crippen LogP contribution in [-0.4, -0.2) is 287 Å². The standard InChI is InChI=1S/C63H97N23O17S2/c1-3-4-5-14-67-61(101)47-7-6-15-86(47)63(103)46-33-105-104-32-45(62(102)85(29-37-8-11-41(87)12-9-37)31-57(97)72-23-51(91)68-21-49(89)71-26-54(94)83-46)82-53(93)25-70-50(90)22-69-52(92)24-73-59(99)43(16-39-20-66-35-77-39)81-56(96)28-74-58(98)42(13-10-38-19-65-34-76-38)79-55(95)27-75-60(100)44(80-48(88)18-64)17-40-30-84(2)36-78-40/h19-20,30,34-35,37,41-47,78,87H,3-18,21-29,31-33,36,64H2,1-2H3,(H,65,76)(H,66,77)(H,67,101)(H,68,91)(H,69,92)(H,70,90)(H,71,89)(H,72,97)(H,73,99)(H,74,98)(H,75,100)(H,79,95)(H,80,88)(H,81,96)(H,82,93)(H,83,94)/t37?,41?,42-,43-,44-,45-,46-,47-/m0/s1. The lowest BCUT2D eigenvalue weighted by Crippen LogP contribution is -2.56. The van der Waals surface area contributed by atoms with E-state index in [-0.39, 0.29) is 62.1 Å². The lowest BCUT2D eigenvalue weighted by molar-refractivity contribution is -0.140. The van der Waals surface area contributed by atoms with Gasteiger partial charge in [0.1, 0.15) is 36.3 Å². The van der Waals surface area contributed by atoms with Crippen LogP contribution in [0.5, 0.6) is 0 Å². The third kappa shape index (κ3) is 30.6. The number of aliphatic hydroxyl groups is 1. The topological polar surface area (TPSA) is 567 Å². The molecule has 1 aliphatic carbocycles. The number of carbonyl (C=O) groups is 16. The summed E-state index contributed by atoms with van der Waals surface area (Å²) in [6.45, 7) is -3.23. The van der Waals surface area contributed by atoms with Gasteiger partial charge in [-0.05, 0) is 63.7 Å². The molecule has 6 atom stereocenters. The quantitative estimate of drug-likeness (QED) is 0.0233. The van der Waals surface area contributed by atoms with E-state index in [9.17, 15) is 81.8 Å². The number of aromatic nitrogens is 4. The van der Waals surface area contributed by atoms with Gasteiger partial charge in [-0.25, -0.2) is 9.97 Å². The third-order valence-electron chi connectivity index (χ3n) is 16.9. The van der Waals surface area contributed by atoms with Crippen LogP contribution in [0.2, 0.25) is 0 Å². The van der Waals surface area contributed by atoms with Crippen LogP contribution in [0.1, 0.15) is 88.9 Å². The van der Waals surface area contributed by atoms with E-state index < -0.39 is 196 Å². The Morgan fingerprint density at radius 3 is 1.80 bits per heavy atom. The summed E-state index contributed by atoms with van der Waals surface area (Å²) in [6.07, 6.45) is 12.1. The molecule has 42 heteroatoms. The summed E-state index contributed by atoms with van der Waals surface area (Å²) >= 11 is 0. The Labute approximate surface area is 612 Å². The van der Waals surface area contributed by atoms with Gasteiger partial charge in [0.2, 0.25) is 94.5 Å². The molecule has 105 heavy (non-hydrogen) atoms. The molecule has 0 spiro atoms. The van der Waals surface area contributed by atoms with Crippen molar-refractivity contribution in [1.82, 2.24) is 114 Å². The summed E-state index contributed by atoms with van der Waals surface area (Å²) in [5.41, 5.74) is 7.09. The number of imidazole rings is 2. The zero-order chi connectivity index (χ0) is 76.2. The maximum atomic E-state index is 14.7. The molecule has 0 radical (unpaired) electrons. The Morgan fingerprint density at radius 1 is 0.629 bits per heavy atom. The summed E-state index contributed by atoms with van der Waals surface area (Å²) in [5, 5.41) is 48.1. The van der Waals surface area contributed by atoms with E-state index in [0.29, 0.717) is 68.8 Å². The first kappa shape index (κ1) is 83.8. The van der Waals surface area contributed by atoms with E-state index in [0.717, 1.165) is 40.9 Å². The zero-order valence-corrected chi connectivity index (χ0v) is 60.3. The Balaban J connectivity index is 1.04. The number of nitrogens with zero attached hydrogens (tertiary/aromatic N) is 5.